The molecule has 15 heavy (non-hydrogen) atoms. The number of nitrogens with zero attached hydrogens (tertiary/aromatic N) is 3. The van der Waals surface area contributed by atoms with Crippen LogP contribution in [0.2, 0.25) is 0 Å². The zero-order valence-corrected chi connectivity index (χ0v) is 9.69. The first kappa shape index (κ1) is 11.4. The van der Waals surface area contributed by atoms with E-state index in [4.69, 9.17) is 11.0 Å². The third-order valence-corrected chi connectivity index (χ3v) is 2.25. The van der Waals surface area contributed by atoms with Gasteiger partial charge in [-0.25, -0.2) is 4.98 Å². The van der Waals surface area contributed by atoms with Crippen molar-refractivity contribution in [3.63, 3.8) is 0 Å². The minimum atomic E-state index is 0.0551. The minimum absolute atomic E-state index is 0.0551. The van der Waals surface area contributed by atoms with E-state index in [0.29, 0.717) is 10.7 Å². The molecule has 0 radical (unpaired) electrons. The molecule has 1 aromatic rings. The predicted molar refractivity (Wildman–Crippen MR) is 61.6 cm³/mol. The van der Waals surface area contributed by atoms with E-state index in [0.717, 1.165) is 4.48 Å². The SMILES string of the molecule is C/C=C/C(Br)=c1/nccn/c1=C(/N)C#N. The number of hydrogen-bond donors (Lipinski definition) is 1. The molecule has 0 aliphatic rings. The van der Waals surface area contributed by atoms with Gasteiger partial charge in [0, 0.05) is 16.9 Å². The summed E-state index contributed by atoms with van der Waals surface area (Å²) in [6, 6.07) is 1.85. The maximum absolute atomic E-state index is 8.70. The van der Waals surface area contributed by atoms with Gasteiger partial charge in [0.2, 0.25) is 0 Å². The lowest BCUT2D eigenvalue weighted by Gasteiger charge is -1.92. The molecule has 2 N–H and O–H groups in total. The number of halogens is 1. The van der Waals surface area contributed by atoms with E-state index in [1.165, 1.54) is 6.20 Å². The predicted octanol–water partition coefficient (Wildman–Crippen LogP) is 0.146. The highest BCUT2D eigenvalue weighted by Crippen LogP contribution is 2.03. The molecule has 0 aliphatic heterocycles. The van der Waals surface area contributed by atoms with Crippen LogP contribution in [-0.2, 0) is 0 Å². The second kappa shape index (κ2) is 5.27. The number of nitrogens with two attached hydrogens (primary N) is 1. The monoisotopic (exact) mass is 264 g/mol. The van der Waals surface area contributed by atoms with Crippen LogP contribution < -0.4 is 16.4 Å². The summed E-state index contributed by atoms with van der Waals surface area (Å²) in [5.74, 6) is 0. The Kier molecular flexibility index (Phi) is 4.01. The lowest BCUT2D eigenvalue weighted by molar-refractivity contribution is 1.08. The van der Waals surface area contributed by atoms with Gasteiger partial charge in [0.1, 0.15) is 22.5 Å². The van der Waals surface area contributed by atoms with E-state index in [-0.39, 0.29) is 5.70 Å². The Morgan fingerprint density at radius 3 is 2.60 bits per heavy atom. The van der Waals surface area contributed by atoms with Gasteiger partial charge in [-0.1, -0.05) is 6.08 Å². The summed E-state index contributed by atoms with van der Waals surface area (Å²) in [7, 11) is 0. The Morgan fingerprint density at radius 2 is 2.07 bits per heavy atom. The zero-order chi connectivity index (χ0) is 11.3. The van der Waals surface area contributed by atoms with Crippen molar-refractivity contribution in [2.45, 2.75) is 6.92 Å². The van der Waals surface area contributed by atoms with Crippen molar-refractivity contribution in [2.24, 2.45) is 5.73 Å². The van der Waals surface area contributed by atoms with Gasteiger partial charge >= 0.3 is 0 Å². The topological polar surface area (TPSA) is 75.6 Å². The molecule has 4 nitrogen and oxygen atoms in total. The van der Waals surface area contributed by atoms with Crippen LogP contribution in [-0.4, -0.2) is 9.97 Å². The van der Waals surface area contributed by atoms with Crippen LogP contribution in [0, 0.1) is 11.3 Å². The van der Waals surface area contributed by atoms with Crippen molar-refractivity contribution >= 4 is 26.1 Å². The molecular weight excluding hydrogens is 256 g/mol. The Balaban J connectivity index is 3.75. The summed E-state index contributed by atoms with van der Waals surface area (Å²) in [5.41, 5.74) is 5.58. The zero-order valence-electron chi connectivity index (χ0n) is 8.11. The second-order valence-electron chi connectivity index (χ2n) is 2.63. The van der Waals surface area contributed by atoms with Crippen molar-refractivity contribution in [2.75, 3.05) is 0 Å². The maximum atomic E-state index is 8.70. The fraction of sp³-hybridized carbons (Fsp3) is 0.100. The Morgan fingerprint density at radius 1 is 1.47 bits per heavy atom. The summed E-state index contributed by atoms with van der Waals surface area (Å²) in [6.45, 7) is 1.88. The van der Waals surface area contributed by atoms with E-state index in [1.807, 2.05) is 25.1 Å². The molecule has 0 unspecified atom stereocenters. The largest absolute Gasteiger partial charge is 0.388 e. The summed E-state index contributed by atoms with van der Waals surface area (Å²) >= 11 is 3.34. The van der Waals surface area contributed by atoms with Crippen LogP contribution in [0.1, 0.15) is 6.92 Å². The van der Waals surface area contributed by atoms with Crippen molar-refractivity contribution in [3.05, 3.63) is 35.2 Å². The van der Waals surface area contributed by atoms with Gasteiger partial charge in [0.25, 0.3) is 0 Å². The number of rotatable bonds is 1. The van der Waals surface area contributed by atoms with Gasteiger partial charge in [-0.15, -0.1) is 0 Å². The molecule has 1 rings (SSSR count). The van der Waals surface area contributed by atoms with E-state index >= 15 is 0 Å². The molecular formula is C10H9BrN4. The molecule has 76 valence electrons. The fourth-order valence-corrected chi connectivity index (χ4v) is 1.54. The molecule has 0 aliphatic carbocycles. The van der Waals surface area contributed by atoms with Crippen LogP contribution in [0.3, 0.4) is 0 Å². The average Bonchev–Trinajstić information content (AvgIpc) is 2.28. The fourth-order valence-electron chi connectivity index (χ4n) is 0.988. The van der Waals surface area contributed by atoms with Gasteiger partial charge in [-0.2, -0.15) is 5.26 Å². The first-order valence-electron chi connectivity index (χ1n) is 4.20. The van der Waals surface area contributed by atoms with Crippen LogP contribution in [0.4, 0.5) is 0 Å². The number of allylic oxidation sites excluding steroid dienone is 2. The summed E-state index contributed by atoms with van der Waals surface area (Å²) in [5, 5.41) is 9.66. The van der Waals surface area contributed by atoms with E-state index in [2.05, 4.69) is 25.9 Å². The molecule has 1 aromatic heterocycles. The number of hydrogen-bond acceptors (Lipinski definition) is 4. The molecule has 0 amide bonds. The van der Waals surface area contributed by atoms with Gasteiger partial charge in [-0.3, -0.25) is 4.98 Å². The molecule has 0 saturated carbocycles. The maximum Gasteiger partial charge on any atom is 0.139 e. The van der Waals surface area contributed by atoms with Gasteiger partial charge in [0.05, 0.1) is 0 Å². The quantitative estimate of drug-likeness (QED) is 0.784. The van der Waals surface area contributed by atoms with Gasteiger partial charge in [0.15, 0.2) is 0 Å². The van der Waals surface area contributed by atoms with Crippen LogP contribution >= 0.6 is 15.9 Å². The Bertz CT molecular complexity index is 539. The standard InChI is InChI=1S/C10H9BrN4/c1-2-3-7(11)9-10(8(13)6-12)15-5-4-14-9/h2-5H,13H2,1H3/b3-2+,9-7-,10-8+. The van der Waals surface area contributed by atoms with Crippen LogP contribution in [0.5, 0.6) is 0 Å². The van der Waals surface area contributed by atoms with Gasteiger partial charge < -0.3 is 5.73 Å². The Labute approximate surface area is 95.6 Å². The van der Waals surface area contributed by atoms with Gasteiger partial charge in [-0.05, 0) is 28.9 Å². The van der Waals surface area contributed by atoms with E-state index < -0.39 is 0 Å². The molecule has 0 aromatic carbocycles. The molecule has 0 saturated heterocycles. The average molecular weight is 265 g/mol. The molecule has 1 heterocycles. The lowest BCUT2D eigenvalue weighted by Crippen LogP contribution is -2.35. The molecule has 5 heteroatoms. The second-order valence-corrected chi connectivity index (χ2v) is 3.48. The third-order valence-electron chi connectivity index (χ3n) is 1.61. The molecule has 0 spiro atoms. The number of nitriles is 1. The minimum Gasteiger partial charge on any atom is -0.388 e. The highest BCUT2D eigenvalue weighted by Gasteiger charge is 1.97. The van der Waals surface area contributed by atoms with E-state index in [1.54, 1.807) is 6.20 Å². The molecule has 0 fully saturated rings. The van der Waals surface area contributed by atoms with Crippen molar-refractivity contribution < 1.29 is 0 Å². The van der Waals surface area contributed by atoms with E-state index in [9.17, 15) is 0 Å². The first-order chi connectivity index (χ1) is 7.20. The smallest absolute Gasteiger partial charge is 0.139 e. The number of aromatic nitrogens is 2. The van der Waals surface area contributed by atoms with Crippen molar-refractivity contribution in [3.8, 4) is 6.07 Å². The highest BCUT2D eigenvalue weighted by molar-refractivity contribution is 9.15. The van der Waals surface area contributed by atoms with Crippen molar-refractivity contribution in [1.82, 2.24) is 9.97 Å². The van der Waals surface area contributed by atoms with Crippen LogP contribution in [0.25, 0.3) is 10.2 Å². The lowest BCUT2D eigenvalue weighted by atomic mass is 10.3. The normalized spacial score (nSPS) is 14.7. The summed E-state index contributed by atoms with van der Waals surface area (Å²) < 4.78 is 0.742. The summed E-state index contributed by atoms with van der Waals surface area (Å²) in [6.07, 6.45) is 6.72. The summed E-state index contributed by atoms with van der Waals surface area (Å²) in [4.78, 5) is 8.14. The molecule has 0 bridgehead atoms. The highest BCUT2D eigenvalue weighted by atomic mass is 79.9. The van der Waals surface area contributed by atoms with Crippen molar-refractivity contribution in [1.29, 1.82) is 5.26 Å². The third kappa shape index (κ3) is 2.64. The Hall–Kier alpha value is -1.67. The first-order valence-corrected chi connectivity index (χ1v) is 4.99. The van der Waals surface area contributed by atoms with Crippen LogP contribution in [0.15, 0.2) is 24.5 Å². The molecule has 0 atom stereocenters.